The molecule has 84 valence electrons. The van der Waals surface area contributed by atoms with E-state index in [0.29, 0.717) is 0 Å². The van der Waals surface area contributed by atoms with Crippen molar-refractivity contribution in [1.82, 2.24) is 4.90 Å². The standard InChI is InChI=1S/C11H17NO2S/c1-9(11(13)14-3)12(2)7-6-10-5-4-8-15-10/h4-5,8-9H,6-7H2,1-3H3. The molecule has 0 saturated carbocycles. The normalized spacial score (nSPS) is 12.8. The lowest BCUT2D eigenvalue weighted by atomic mass is 10.2. The zero-order valence-electron chi connectivity index (χ0n) is 9.40. The molecular formula is C11H17NO2S. The second kappa shape index (κ2) is 5.88. The van der Waals surface area contributed by atoms with Gasteiger partial charge in [0.25, 0.3) is 0 Å². The molecule has 0 saturated heterocycles. The first-order chi connectivity index (χ1) is 7.15. The van der Waals surface area contributed by atoms with Crippen LogP contribution in [0.2, 0.25) is 0 Å². The second-order valence-electron chi connectivity index (χ2n) is 3.51. The van der Waals surface area contributed by atoms with Crippen molar-refractivity contribution in [3.8, 4) is 0 Å². The minimum Gasteiger partial charge on any atom is -0.468 e. The molecule has 0 aliphatic rings. The van der Waals surface area contributed by atoms with Gasteiger partial charge in [0.1, 0.15) is 6.04 Å². The smallest absolute Gasteiger partial charge is 0.322 e. The Bertz CT molecular complexity index is 298. The van der Waals surface area contributed by atoms with Crippen molar-refractivity contribution >= 4 is 17.3 Å². The number of thiophene rings is 1. The molecule has 1 aromatic heterocycles. The average Bonchev–Trinajstić information content (AvgIpc) is 2.76. The molecule has 0 spiro atoms. The van der Waals surface area contributed by atoms with Crippen LogP contribution in [0.3, 0.4) is 0 Å². The van der Waals surface area contributed by atoms with Gasteiger partial charge in [-0.1, -0.05) is 6.07 Å². The Morgan fingerprint density at radius 3 is 2.93 bits per heavy atom. The number of ether oxygens (including phenoxy) is 1. The maximum atomic E-state index is 11.3. The minimum atomic E-state index is -0.177. The van der Waals surface area contributed by atoms with Gasteiger partial charge in [-0.05, 0) is 31.8 Å². The van der Waals surface area contributed by atoms with Crippen LogP contribution in [0.15, 0.2) is 17.5 Å². The number of esters is 1. The van der Waals surface area contributed by atoms with E-state index >= 15 is 0 Å². The van der Waals surface area contributed by atoms with Crippen molar-refractivity contribution in [2.24, 2.45) is 0 Å². The average molecular weight is 227 g/mol. The van der Waals surface area contributed by atoms with Gasteiger partial charge in [-0.3, -0.25) is 9.69 Å². The highest BCUT2D eigenvalue weighted by molar-refractivity contribution is 7.09. The van der Waals surface area contributed by atoms with Gasteiger partial charge in [0, 0.05) is 11.4 Å². The Morgan fingerprint density at radius 1 is 1.67 bits per heavy atom. The lowest BCUT2D eigenvalue weighted by molar-refractivity contribution is -0.145. The number of hydrogen-bond acceptors (Lipinski definition) is 4. The molecule has 3 nitrogen and oxygen atoms in total. The molecule has 1 heterocycles. The van der Waals surface area contributed by atoms with E-state index in [-0.39, 0.29) is 12.0 Å². The van der Waals surface area contributed by atoms with E-state index in [1.54, 1.807) is 11.3 Å². The van der Waals surface area contributed by atoms with Crippen molar-refractivity contribution in [3.05, 3.63) is 22.4 Å². The van der Waals surface area contributed by atoms with Crippen LogP contribution < -0.4 is 0 Å². The van der Waals surface area contributed by atoms with Crippen molar-refractivity contribution in [3.63, 3.8) is 0 Å². The van der Waals surface area contributed by atoms with E-state index in [2.05, 4.69) is 11.4 Å². The summed E-state index contributed by atoms with van der Waals surface area (Å²) in [7, 11) is 3.36. The lowest BCUT2D eigenvalue weighted by Crippen LogP contribution is -2.37. The molecule has 0 aromatic carbocycles. The van der Waals surface area contributed by atoms with Gasteiger partial charge >= 0.3 is 5.97 Å². The molecule has 0 aliphatic carbocycles. The van der Waals surface area contributed by atoms with E-state index in [0.717, 1.165) is 13.0 Å². The van der Waals surface area contributed by atoms with E-state index in [1.807, 2.05) is 24.9 Å². The largest absolute Gasteiger partial charge is 0.468 e. The highest BCUT2D eigenvalue weighted by Crippen LogP contribution is 2.10. The maximum absolute atomic E-state index is 11.3. The molecule has 1 aromatic rings. The fraction of sp³-hybridized carbons (Fsp3) is 0.545. The van der Waals surface area contributed by atoms with E-state index in [9.17, 15) is 4.79 Å². The molecular weight excluding hydrogens is 210 g/mol. The zero-order valence-corrected chi connectivity index (χ0v) is 10.2. The van der Waals surface area contributed by atoms with Crippen LogP contribution in [0.1, 0.15) is 11.8 Å². The Balaban J connectivity index is 2.35. The molecule has 0 bridgehead atoms. The third-order valence-electron chi connectivity index (χ3n) is 2.49. The SMILES string of the molecule is COC(=O)C(C)N(C)CCc1cccs1. The van der Waals surface area contributed by atoms with Gasteiger partial charge in [-0.2, -0.15) is 0 Å². The van der Waals surface area contributed by atoms with Crippen LogP contribution in [0.5, 0.6) is 0 Å². The molecule has 1 atom stereocenters. The highest BCUT2D eigenvalue weighted by Gasteiger charge is 2.17. The van der Waals surface area contributed by atoms with Gasteiger partial charge < -0.3 is 4.74 Å². The van der Waals surface area contributed by atoms with Gasteiger partial charge in [0.2, 0.25) is 0 Å². The summed E-state index contributed by atoms with van der Waals surface area (Å²) in [5.74, 6) is -0.177. The predicted octanol–water partition coefficient (Wildman–Crippen LogP) is 1.78. The molecule has 0 fully saturated rings. The molecule has 0 amide bonds. The third-order valence-corrected chi connectivity index (χ3v) is 3.43. The Labute approximate surface area is 94.7 Å². The van der Waals surface area contributed by atoms with Crippen molar-refractivity contribution in [2.45, 2.75) is 19.4 Å². The van der Waals surface area contributed by atoms with Crippen molar-refractivity contribution in [2.75, 3.05) is 20.7 Å². The van der Waals surface area contributed by atoms with E-state index < -0.39 is 0 Å². The summed E-state index contributed by atoms with van der Waals surface area (Å²) in [6.07, 6.45) is 0.982. The number of hydrogen-bond donors (Lipinski definition) is 0. The summed E-state index contributed by atoms with van der Waals surface area (Å²) < 4.78 is 4.69. The zero-order chi connectivity index (χ0) is 11.3. The van der Waals surface area contributed by atoms with Crippen LogP contribution >= 0.6 is 11.3 Å². The molecule has 1 rings (SSSR count). The Hall–Kier alpha value is -0.870. The van der Waals surface area contributed by atoms with Gasteiger partial charge in [0.15, 0.2) is 0 Å². The molecule has 4 heteroatoms. The van der Waals surface area contributed by atoms with E-state index in [1.165, 1.54) is 12.0 Å². The fourth-order valence-electron chi connectivity index (χ4n) is 1.29. The first-order valence-electron chi connectivity index (χ1n) is 4.95. The molecule has 0 aliphatic heterocycles. The van der Waals surface area contributed by atoms with Crippen LogP contribution in [-0.2, 0) is 16.0 Å². The molecule has 15 heavy (non-hydrogen) atoms. The van der Waals surface area contributed by atoms with Crippen molar-refractivity contribution < 1.29 is 9.53 Å². The minimum absolute atomic E-state index is 0.171. The molecule has 0 N–H and O–H groups in total. The number of methoxy groups -OCH3 is 1. The van der Waals surface area contributed by atoms with E-state index in [4.69, 9.17) is 4.74 Å². The fourth-order valence-corrected chi connectivity index (χ4v) is 1.98. The predicted molar refractivity (Wildman–Crippen MR) is 62.1 cm³/mol. The second-order valence-corrected chi connectivity index (χ2v) is 4.54. The van der Waals surface area contributed by atoms with Crippen molar-refractivity contribution in [1.29, 1.82) is 0 Å². The number of nitrogens with zero attached hydrogens (tertiary/aromatic N) is 1. The van der Waals surface area contributed by atoms with Crippen LogP contribution in [0.4, 0.5) is 0 Å². The van der Waals surface area contributed by atoms with Crippen LogP contribution in [0, 0.1) is 0 Å². The third kappa shape index (κ3) is 3.64. The lowest BCUT2D eigenvalue weighted by Gasteiger charge is -2.21. The number of carbonyl (C=O) groups excluding carboxylic acids is 1. The number of carbonyl (C=O) groups is 1. The number of likely N-dealkylation sites (N-methyl/N-ethyl adjacent to an activating group) is 1. The monoisotopic (exact) mass is 227 g/mol. The first kappa shape index (κ1) is 12.2. The van der Waals surface area contributed by atoms with Gasteiger partial charge in [0.05, 0.1) is 7.11 Å². The van der Waals surface area contributed by atoms with Crippen LogP contribution in [-0.4, -0.2) is 37.6 Å². The molecule has 0 radical (unpaired) electrons. The topological polar surface area (TPSA) is 29.5 Å². The maximum Gasteiger partial charge on any atom is 0.322 e. The Morgan fingerprint density at radius 2 is 2.40 bits per heavy atom. The summed E-state index contributed by atoms with van der Waals surface area (Å²) in [6.45, 7) is 2.73. The quantitative estimate of drug-likeness (QED) is 0.718. The molecule has 1 unspecified atom stereocenters. The summed E-state index contributed by atoms with van der Waals surface area (Å²) in [6, 6.07) is 3.99. The summed E-state index contributed by atoms with van der Waals surface area (Å²) in [4.78, 5) is 14.6. The number of rotatable bonds is 5. The summed E-state index contributed by atoms with van der Waals surface area (Å²) in [5.41, 5.74) is 0. The van der Waals surface area contributed by atoms with Crippen LogP contribution in [0.25, 0.3) is 0 Å². The summed E-state index contributed by atoms with van der Waals surface area (Å²) >= 11 is 1.75. The summed E-state index contributed by atoms with van der Waals surface area (Å²) in [5, 5.41) is 2.07. The first-order valence-corrected chi connectivity index (χ1v) is 5.83. The highest BCUT2D eigenvalue weighted by atomic mass is 32.1. The van der Waals surface area contributed by atoms with Gasteiger partial charge in [-0.25, -0.2) is 0 Å². The van der Waals surface area contributed by atoms with Gasteiger partial charge in [-0.15, -0.1) is 11.3 Å². The Kier molecular flexibility index (Phi) is 4.78.